The lowest BCUT2D eigenvalue weighted by Crippen LogP contribution is -2.11. The largest absolute Gasteiger partial charge is 0.313 e. The van der Waals surface area contributed by atoms with Crippen molar-refractivity contribution in [3.8, 4) is 0 Å². The molecular weight excluding hydrogens is 186 g/mol. The molecule has 0 amide bonds. The molecule has 1 aromatic rings. The molecule has 2 nitrogen and oxygen atoms in total. The van der Waals surface area contributed by atoms with Gasteiger partial charge in [0.2, 0.25) is 0 Å². The maximum atomic E-state index is 11.6. The van der Waals surface area contributed by atoms with Gasteiger partial charge in [0.25, 0.3) is 0 Å². The molecule has 0 saturated heterocycles. The van der Waals surface area contributed by atoms with Crippen molar-refractivity contribution in [1.29, 1.82) is 0 Å². The summed E-state index contributed by atoms with van der Waals surface area (Å²) in [6.07, 6.45) is 1.56. The van der Waals surface area contributed by atoms with E-state index in [0.717, 1.165) is 25.1 Å². The molecule has 0 saturated carbocycles. The van der Waals surface area contributed by atoms with Gasteiger partial charge in [-0.1, -0.05) is 38.1 Å². The van der Waals surface area contributed by atoms with Crippen molar-refractivity contribution in [2.24, 2.45) is 0 Å². The molecule has 1 aromatic carbocycles. The minimum atomic E-state index is 0.243. The Hall–Kier alpha value is -1.15. The lowest BCUT2D eigenvalue weighted by atomic mass is 10.1. The Kier molecular flexibility index (Phi) is 5.05. The standard InChI is InChI=1S/C13H19NO/c1-3-5-13(15)12-8-6-11(7-9-12)10-14-4-2/h6-9,14H,3-5,10H2,1-2H3. The molecule has 0 spiro atoms. The highest BCUT2D eigenvalue weighted by molar-refractivity contribution is 5.95. The maximum absolute atomic E-state index is 11.6. The first-order valence-electron chi connectivity index (χ1n) is 5.60. The third kappa shape index (κ3) is 3.84. The highest BCUT2D eigenvalue weighted by Crippen LogP contribution is 2.07. The fourth-order valence-corrected chi connectivity index (χ4v) is 1.45. The van der Waals surface area contributed by atoms with Gasteiger partial charge < -0.3 is 5.32 Å². The van der Waals surface area contributed by atoms with Crippen molar-refractivity contribution < 1.29 is 4.79 Å². The first-order chi connectivity index (χ1) is 7.27. The van der Waals surface area contributed by atoms with E-state index in [9.17, 15) is 4.79 Å². The lowest BCUT2D eigenvalue weighted by molar-refractivity contribution is 0.0982. The zero-order chi connectivity index (χ0) is 11.1. The Labute approximate surface area is 91.7 Å². The van der Waals surface area contributed by atoms with Gasteiger partial charge in [-0.15, -0.1) is 0 Å². The first kappa shape index (κ1) is 11.9. The average Bonchev–Trinajstić information content (AvgIpc) is 2.27. The zero-order valence-corrected chi connectivity index (χ0v) is 9.55. The van der Waals surface area contributed by atoms with Gasteiger partial charge in [-0.3, -0.25) is 4.79 Å². The first-order valence-corrected chi connectivity index (χ1v) is 5.60. The number of nitrogens with one attached hydrogen (secondary N) is 1. The van der Waals surface area contributed by atoms with Crippen LogP contribution in [0, 0.1) is 0 Å². The fraction of sp³-hybridized carbons (Fsp3) is 0.462. The van der Waals surface area contributed by atoms with E-state index in [4.69, 9.17) is 0 Å². The van der Waals surface area contributed by atoms with Gasteiger partial charge in [0, 0.05) is 18.5 Å². The van der Waals surface area contributed by atoms with Crippen molar-refractivity contribution >= 4 is 5.78 Å². The van der Waals surface area contributed by atoms with Crippen LogP contribution in [0.3, 0.4) is 0 Å². The van der Waals surface area contributed by atoms with Gasteiger partial charge in [-0.25, -0.2) is 0 Å². The van der Waals surface area contributed by atoms with E-state index in [-0.39, 0.29) is 5.78 Å². The Morgan fingerprint density at radius 2 is 1.87 bits per heavy atom. The van der Waals surface area contributed by atoms with Crippen molar-refractivity contribution in [2.45, 2.75) is 33.2 Å². The Morgan fingerprint density at radius 1 is 1.20 bits per heavy atom. The molecule has 1 N–H and O–H groups in total. The predicted molar refractivity (Wildman–Crippen MR) is 63.1 cm³/mol. The summed E-state index contributed by atoms with van der Waals surface area (Å²) >= 11 is 0. The van der Waals surface area contributed by atoms with E-state index in [2.05, 4.69) is 12.2 Å². The number of ketones is 1. The van der Waals surface area contributed by atoms with Gasteiger partial charge in [-0.2, -0.15) is 0 Å². The zero-order valence-electron chi connectivity index (χ0n) is 9.55. The van der Waals surface area contributed by atoms with Crippen molar-refractivity contribution in [3.05, 3.63) is 35.4 Å². The van der Waals surface area contributed by atoms with Crippen LogP contribution in [0.1, 0.15) is 42.6 Å². The summed E-state index contributed by atoms with van der Waals surface area (Å²) in [5.41, 5.74) is 2.06. The fourth-order valence-electron chi connectivity index (χ4n) is 1.45. The Morgan fingerprint density at radius 3 is 2.40 bits per heavy atom. The molecule has 0 radical (unpaired) electrons. The molecule has 0 unspecified atom stereocenters. The summed E-state index contributed by atoms with van der Waals surface area (Å²) in [6.45, 7) is 5.95. The normalized spacial score (nSPS) is 10.3. The highest BCUT2D eigenvalue weighted by Gasteiger charge is 2.03. The SMILES string of the molecule is CCCC(=O)c1ccc(CNCC)cc1. The quantitative estimate of drug-likeness (QED) is 0.723. The summed E-state index contributed by atoms with van der Waals surface area (Å²) in [5.74, 6) is 0.243. The van der Waals surface area contributed by atoms with Crippen LogP contribution in [0.15, 0.2) is 24.3 Å². The van der Waals surface area contributed by atoms with Crippen LogP contribution in [0.25, 0.3) is 0 Å². The van der Waals surface area contributed by atoms with E-state index >= 15 is 0 Å². The van der Waals surface area contributed by atoms with Crippen LogP contribution in [0.5, 0.6) is 0 Å². The minimum absolute atomic E-state index is 0.243. The second-order valence-electron chi connectivity index (χ2n) is 3.65. The number of carbonyl (C=O) groups excluding carboxylic acids is 1. The number of carbonyl (C=O) groups is 1. The number of benzene rings is 1. The van der Waals surface area contributed by atoms with E-state index < -0.39 is 0 Å². The van der Waals surface area contributed by atoms with Crippen LogP contribution in [-0.2, 0) is 6.54 Å². The second kappa shape index (κ2) is 6.36. The average molecular weight is 205 g/mol. The number of hydrogen-bond donors (Lipinski definition) is 1. The van der Waals surface area contributed by atoms with Crippen LogP contribution in [-0.4, -0.2) is 12.3 Å². The van der Waals surface area contributed by atoms with Crippen LogP contribution in [0.2, 0.25) is 0 Å². The number of Topliss-reactive ketones (excluding diaryl/α,β-unsaturated/α-hetero) is 1. The van der Waals surface area contributed by atoms with Crippen LogP contribution >= 0.6 is 0 Å². The third-order valence-corrected chi connectivity index (χ3v) is 2.33. The van der Waals surface area contributed by atoms with E-state index in [0.29, 0.717) is 6.42 Å². The highest BCUT2D eigenvalue weighted by atomic mass is 16.1. The molecule has 15 heavy (non-hydrogen) atoms. The number of rotatable bonds is 6. The van der Waals surface area contributed by atoms with Gasteiger partial charge >= 0.3 is 0 Å². The molecular formula is C13H19NO. The molecule has 0 atom stereocenters. The molecule has 2 heteroatoms. The smallest absolute Gasteiger partial charge is 0.162 e. The summed E-state index contributed by atoms with van der Waals surface area (Å²) in [6, 6.07) is 7.88. The summed E-state index contributed by atoms with van der Waals surface area (Å²) < 4.78 is 0. The summed E-state index contributed by atoms with van der Waals surface area (Å²) in [7, 11) is 0. The van der Waals surface area contributed by atoms with Crippen LogP contribution in [0.4, 0.5) is 0 Å². The lowest BCUT2D eigenvalue weighted by Gasteiger charge is -2.03. The topological polar surface area (TPSA) is 29.1 Å². The molecule has 0 aliphatic carbocycles. The third-order valence-electron chi connectivity index (χ3n) is 2.33. The van der Waals surface area contributed by atoms with Gasteiger partial charge in [0.1, 0.15) is 0 Å². The van der Waals surface area contributed by atoms with Crippen LogP contribution < -0.4 is 5.32 Å². The molecule has 0 heterocycles. The van der Waals surface area contributed by atoms with E-state index in [1.165, 1.54) is 5.56 Å². The van der Waals surface area contributed by atoms with E-state index in [1.54, 1.807) is 0 Å². The summed E-state index contributed by atoms with van der Waals surface area (Å²) in [5, 5.41) is 3.25. The monoisotopic (exact) mass is 205 g/mol. The van der Waals surface area contributed by atoms with Crippen molar-refractivity contribution in [2.75, 3.05) is 6.54 Å². The molecule has 0 aliphatic heterocycles. The number of hydrogen-bond acceptors (Lipinski definition) is 2. The van der Waals surface area contributed by atoms with Crippen molar-refractivity contribution in [1.82, 2.24) is 5.32 Å². The Bertz CT molecular complexity index is 303. The molecule has 0 aliphatic rings. The second-order valence-corrected chi connectivity index (χ2v) is 3.65. The van der Waals surface area contributed by atoms with Crippen molar-refractivity contribution in [3.63, 3.8) is 0 Å². The maximum Gasteiger partial charge on any atom is 0.162 e. The molecule has 0 fully saturated rings. The molecule has 0 bridgehead atoms. The Balaban J connectivity index is 2.59. The molecule has 82 valence electrons. The molecule has 1 rings (SSSR count). The van der Waals surface area contributed by atoms with Gasteiger partial charge in [0.05, 0.1) is 0 Å². The summed E-state index contributed by atoms with van der Waals surface area (Å²) in [4.78, 5) is 11.6. The van der Waals surface area contributed by atoms with E-state index in [1.807, 2.05) is 31.2 Å². The van der Waals surface area contributed by atoms with Gasteiger partial charge in [-0.05, 0) is 18.5 Å². The molecule has 0 aromatic heterocycles. The minimum Gasteiger partial charge on any atom is -0.313 e. The predicted octanol–water partition coefficient (Wildman–Crippen LogP) is 2.78. The van der Waals surface area contributed by atoms with Gasteiger partial charge in [0.15, 0.2) is 5.78 Å².